The average Bonchev–Trinajstić information content (AvgIpc) is 3.31. The first-order valence-corrected chi connectivity index (χ1v) is 10.1. The molecule has 2 aromatic heterocycles. The van der Waals surface area contributed by atoms with E-state index in [1.165, 1.54) is 36.0 Å². The van der Waals surface area contributed by atoms with Gasteiger partial charge < -0.3 is 10.4 Å². The number of aromatic nitrogens is 2. The number of nitrogens with zero attached hydrogens (tertiary/aromatic N) is 2. The summed E-state index contributed by atoms with van der Waals surface area (Å²) >= 11 is 1.36. The van der Waals surface area contributed by atoms with Crippen LogP contribution in [0.2, 0.25) is 0 Å². The van der Waals surface area contributed by atoms with Crippen molar-refractivity contribution in [1.29, 1.82) is 0 Å². The lowest BCUT2D eigenvalue weighted by Crippen LogP contribution is -2.20. The van der Waals surface area contributed by atoms with Crippen LogP contribution in [-0.4, -0.2) is 33.0 Å². The number of nitrogens with one attached hydrogen (secondary N) is 1. The van der Waals surface area contributed by atoms with E-state index in [1.54, 1.807) is 6.07 Å². The molecular weight excluding hydrogens is 377 g/mol. The molecule has 144 valence electrons. The number of hydrogen-bond acceptors (Lipinski definition) is 6. The van der Waals surface area contributed by atoms with Crippen molar-refractivity contribution in [1.82, 2.24) is 9.97 Å². The van der Waals surface area contributed by atoms with Gasteiger partial charge >= 0.3 is 0 Å². The van der Waals surface area contributed by atoms with Gasteiger partial charge in [-0.05, 0) is 60.4 Å². The molecule has 0 amide bonds. The van der Waals surface area contributed by atoms with Crippen molar-refractivity contribution in [3.63, 3.8) is 0 Å². The summed E-state index contributed by atoms with van der Waals surface area (Å²) in [6.07, 6.45) is 5.44. The summed E-state index contributed by atoms with van der Waals surface area (Å²) in [5, 5.41) is 14.9. The topological polar surface area (TPSA) is 75.1 Å². The maximum atomic E-state index is 13.4. The lowest BCUT2D eigenvalue weighted by atomic mass is 10.1. The van der Waals surface area contributed by atoms with E-state index in [2.05, 4.69) is 15.3 Å². The van der Waals surface area contributed by atoms with Gasteiger partial charge in [-0.3, -0.25) is 4.79 Å². The molecule has 0 saturated heterocycles. The molecule has 3 aromatic rings. The van der Waals surface area contributed by atoms with Crippen LogP contribution in [0.25, 0.3) is 0 Å². The van der Waals surface area contributed by atoms with E-state index < -0.39 is 0 Å². The van der Waals surface area contributed by atoms with Gasteiger partial charge in [0.2, 0.25) is 5.78 Å². The van der Waals surface area contributed by atoms with Crippen LogP contribution in [0.3, 0.4) is 0 Å². The van der Waals surface area contributed by atoms with Crippen molar-refractivity contribution in [3.05, 3.63) is 75.6 Å². The van der Waals surface area contributed by atoms with Crippen LogP contribution in [0.1, 0.15) is 45.6 Å². The molecular formula is C21H20FN3O2S. The first-order chi connectivity index (χ1) is 13.6. The number of hydrogen-bond donors (Lipinski definition) is 2. The Kier molecular flexibility index (Phi) is 5.45. The minimum atomic E-state index is -0.304. The Balaban J connectivity index is 1.51. The predicted molar refractivity (Wildman–Crippen MR) is 106 cm³/mol. The van der Waals surface area contributed by atoms with Crippen LogP contribution in [-0.2, 0) is 6.42 Å². The number of rotatable bonds is 6. The fourth-order valence-electron chi connectivity index (χ4n) is 3.50. The van der Waals surface area contributed by atoms with Gasteiger partial charge in [0.15, 0.2) is 0 Å². The number of carbonyl (C=O) groups excluding carboxylic acids is 1. The summed E-state index contributed by atoms with van der Waals surface area (Å²) in [5.74, 6) is 0.0922. The van der Waals surface area contributed by atoms with Gasteiger partial charge in [0, 0.05) is 12.2 Å². The van der Waals surface area contributed by atoms with Crippen LogP contribution in [0.15, 0.2) is 48.2 Å². The standard InChI is InChI=1S/C21H20FN3O2S/c22-15-3-1-2-13(7-15)6-14-8-19(28-11-14)20(27)18-10-23-12-24-21(18)25-16-4-5-17(26)9-16/h1-3,7-8,10-12,16-17,26H,4-6,9H2,(H,23,24,25)/t16-,17+/m1/s1. The van der Waals surface area contributed by atoms with E-state index in [9.17, 15) is 14.3 Å². The van der Waals surface area contributed by atoms with Crippen molar-refractivity contribution in [2.45, 2.75) is 37.8 Å². The molecule has 0 unspecified atom stereocenters. The van der Waals surface area contributed by atoms with Crippen LogP contribution >= 0.6 is 11.3 Å². The average molecular weight is 397 g/mol. The van der Waals surface area contributed by atoms with Crippen molar-refractivity contribution in [2.75, 3.05) is 5.32 Å². The predicted octanol–water partition coefficient (Wildman–Crippen LogP) is 3.82. The number of aliphatic hydroxyl groups excluding tert-OH is 1. The van der Waals surface area contributed by atoms with Gasteiger partial charge in [-0.1, -0.05) is 12.1 Å². The summed E-state index contributed by atoms with van der Waals surface area (Å²) in [6, 6.07) is 8.41. The highest BCUT2D eigenvalue weighted by Crippen LogP contribution is 2.26. The minimum Gasteiger partial charge on any atom is -0.393 e. The monoisotopic (exact) mass is 397 g/mol. The molecule has 1 aromatic carbocycles. The van der Waals surface area contributed by atoms with Crippen LogP contribution in [0, 0.1) is 5.82 Å². The highest BCUT2D eigenvalue weighted by Gasteiger charge is 2.25. The molecule has 5 nitrogen and oxygen atoms in total. The third kappa shape index (κ3) is 4.26. The van der Waals surface area contributed by atoms with E-state index in [0.29, 0.717) is 29.1 Å². The number of thiophene rings is 1. The number of ketones is 1. The second-order valence-corrected chi connectivity index (χ2v) is 7.96. The van der Waals surface area contributed by atoms with Gasteiger partial charge in [-0.2, -0.15) is 0 Å². The Labute approximate surface area is 166 Å². The molecule has 2 atom stereocenters. The largest absolute Gasteiger partial charge is 0.393 e. The Hall–Kier alpha value is -2.64. The van der Waals surface area contributed by atoms with E-state index in [0.717, 1.165) is 24.0 Å². The van der Waals surface area contributed by atoms with Crippen LogP contribution < -0.4 is 5.32 Å². The Morgan fingerprint density at radius 1 is 1.29 bits per heavy atom. The first-order valence-electron chi connectivity index (χ1n) is 9.19. The van der Waals surface area contributed by atoms with Crippen molar-refractivity contribution >= 4 is 22.9 Å². The highest BCUT2D eigenvalue weighted by molar-refractivity contribution is 7.12. The van der Waals surface area contributed by atoms with E-state index in [1.807, 2.05) is 17.5 Å². The normalized spacial score (nSPS) is 18.9. The lowest BCUT2D eigenvalue weighted by Gasteiger charge is -2.14. The molecule has 1 aliphatic carbocycles. The van der Waals surface area contributed by atoms with E-state index in [4.69, 9.17) is 0 Å². The number of aliphatic hydroxyl groups is 1. The second-order valence-electron chi connectivity index (χ2n) is 7.05. The Morgan fingerprint density at radius 3 is 2.96 bits per heavy atom. The maximum Gasteiger partial charge on any atom is 0.208 e. The number of halogens is 1. The summed E-state index contributed by atoms with van der Waals surface area (Å²) in [6.45, 7) is 0. The zero-order valence-corrected chi connectivity index (χ0v) is 16.0. The molecule has 0 radical (unpaired) electrons. The number of benzene rings is 1. The molecule has 2 N–H and O–H groups in total. The summed E-state index contributed by atoms with van der Waals surface area (Å²) in [5.41, 5.74) is 2.24. The summed E-state index contributed by atoms with van der Waals surface area (Å²) in [7, 11) is 0. The van der Waals surface area contributed by atoms with Gasteiger partial charge in [-0.25, -0.2) is 14.4 Å². The molecule has 28 heavy (non-hydrogen) atoms. The molecule has 1 saturated carbocycles. The van der Waals surface area contributed by atoms with E-state index >= 15 is 0 Å². The Morgan fingerprint density at radius 2 is 2.18 bits per heavy atom. The minimum absolute atomic E-state index is 0.100. The van der Waals surface area contributed by atoms with Crippen molar-refractivity contribution < 1.29 is 14.3 Å². The smallest absolute Gasteiger partial charge is 0.208 e. The molecule has 4 rings (SSSR count). The number of carbonyl (C=O) groups is 1. The van der Waals surface area contributed by atoms with Crippen LogP contribution in [0.4, 0.5) is 10.2 Å². The van der Waals surface area contributed by atoms with E-state index in [-0.39, 0.29) is 23.7 Å². The summed E-state index contributed by atoms with van der Waals surface area (Å²) < 4.78 is 13.4. The molecule has 1 aliphatic rings. The zero-order chi connectivity index (χ0) is 19.5. The fraction of sp³-hybridized carbons (Fsp3) is 0.286. The third-order valence-electron chi connectivity index (χ3n) is 4.88. The molecule has 1 fully saturated rings. The van der Waals surface area contributed by atoms with Gasteiger partial charge in [0.05, 0.1) is 16.5 Å². The molecule has 0 aliphatic heterocycles. The highest BCUT2D eigenvalue weighted by atomic mass is 32.1. The van der Waals surface area contributed by atoms with Crippen molar-refractivity contribution in [2.24, 2.45) is 0 Å². The Bertz CT molecular complexity index is 991. The maximum absolute atomic E-state index is 13.4. The van der Waals surface area contributed by atoms with Crippen LogP contribution in [0.5, 0.6) is 0 Å². The molecule has 7 heteroatoms. The summed E-state index contributed by atoms with van der Waals surface area (Å²) in [4.78, 5) is 21.8. The molecule has 0 spiro atoms. The zero-order valence-electron chi connectivity index (χ0n) is 15.1. The van der Waals surface area contributed by atoms with Gasteiger partial charge in [-0.15, -0.1) is 11.3 Å². The second kappa shape index (κ2) is 8.16. The number of anilines is 1. The fourth-order valence-corrected chi connectivity index (χ4v) is 4.36. The SMILES string of the molecule is O=C(c1cc(Cc2cccc(F)c2)cs1)c1cncnc1N[C@@H]1CC[C@H](O)C1. The van der Waals surface area contributed by atoms with Gasteiger partial charge in [0.25, 0.3) is 0 Å². The van der Waals surface area contributed by atoms with Gasteiger partial charge in [0.1, 0.15) is 18.0 Å². The molecule has 2 heterocycles. The quantitative estimate of drug-likeness (QED) is 0.619. The van der Waals surface area contributed by atoms with Crippen molar-refractivity contribution in [3.8, 4) is 0 Å². The third-order valence-corrected chi connectivity index (χ3v) is 5.86. The first kappa shape index (κ1) is 18.7. The lowest BCUT2D eigenvalue weighted by molar-refractivity contribution is 0.104. The molecule has 0 bridgehead atoms.